The Bertz CT molecular complexity index is 175. The first-order valence-electron chi connectivity index (χ1n) is 8.00. The number of unbranched alkanes of at least 4 members (excludes halogenated alkanes) is 3. The Hall–Kier alpha value is 0.318. The monoisotopic (exact) mass is 384 g/mol. The van der Waals surface area contributed by atoms with Crippen molar-refractivity contribution in [3.63, 3.8) is 0 Å². The molecule has 0 aliphatic carbocycles. The molecule has 0 saturated carbocycles. The van der Waals surface area contributed by atoms with Crippen LogP contribution in [0.4, 0.5) is 0 Å². The summed E-state index contributed by atoms with van der Waals surface area (Å²) in [4.78, 5) is 0. The topological polar surface area (TPSA) is 55.4 Å². The third kappa shape index (κ3) is 16.7. The summed E-state index contributed by atoms with van der Waals surface area (Å²) < 4.78 is 32.4. The van der Waals surface area contributed by atoms with Gasteiger partial charge in [0.1, 0.15) is 0 Å². The van der Waals surface area contributed by atoms with E-state index in [1.54, 1.807) is 21.3 Å². The minimum absolute atomic E-state index is 0.680. The average molecular weight is 384 g/mol. The van der Waals surface area contributed by atoms with Crippen LogP contribution in [-0.2, 0) is 25.4 Å². The number of methoxy groups -OCH3 is 3. The maximum absolute atomic E-state index is 5.79. The number of ether oxygens (including phenoxy) is 3. The van der Waals surface area contributed by atoms with Crippen LogP contribution in [0.25, 0.3) is 0 Å². The van der Waals surface area contributed by atoms with Crippen LogP contribution in [0.5, 0.6) is 0 Å². The maximum atomic E-state index is 5.79. The molecule has 22 heavy (non-hydrogen) atoms. The van der Waals surface area contributed by atoms with Crippen molar-refractivity contribution in [2.75, 3.05) is 61.0 Å². The normalized spacial score (nSPS) is 11.5. The molecule has 0 amide bonds. The fourth-order valence-corrected chi connectivity index (χ4v) is 3.79. The van der Waals surface area contributed by atoms with Gasteiger partial charge in [0, 0.05) is 0 Å². The molecule has 0 rings (SSSR count). The van der Waals surface area contributed by atoms with E-state index >= 15 is 0 Å². The molecule has 6 nitrogen and oxygen atoms in total. The number of rotatable bonds is 18. The molecule has 0 heterocycles. The molecule has 0 aromatic carbocycles. The molecule has 0 radical (unpaired) electrons. The van der Waals surface area contributed by atoms with Crippen molar-refractivity contribution < 1.29 is 25.4 Å². The molecule has 0 saturated heterocycles. The van der Waals surface area contributed by atoms with E-state index in [4.69, 9.17) is 25.4 Å². The van der Waals surface area contributed by atoms with Crippen LogP contribution in [-0.4, -0.2) is 76.6 Å². The van der Waals surface area contributed by atoms with Crippen LogP contribution in [0.15, 0.2) is 0 Å². The van der Waals surface area contributed by atoms with Gasteiger partial charge >= 0.3 is 141 Å². The van der Waals surface area contributed by atoms with E-state index in [9.17, 15) is 0 Å². The Morgan fingerprint density at radius 1 is 0.455 bits per heavy atom. The van der Waals surface area contributed by atoms with Crippen LogP contribution < -0.4 is 0 Å². The standard InChI is InChI=1S/C15H33AsO6/c1-17-10-4-7-13-20-16(21-14-8-5-11-18-2)22-15-9-6-12-19-3/h4-15H2,1-3H3. The number of hydrogen-bond acceptors (Lipinski definition) is 6. The second-order valence-corrected chi connectivity index (χ2v) is 7.39. The van der Waals surface area contributed by atoms with Gasteiger partial charge in [0.25, 0.3) is 0 Å². The number of hydrogen-bond donors (Lipinski definition) is 0. The molecule has 0 aromatic rings. The van der Waals surface area contributed by atoms with E-state index in [0.29, 0.717) is 19.8 Å². The predicted octanol–water partition coefficient (Wildman–Crippen LogP) is 2.30. The summed E-state index contributed by atoms with van der Waals surface area (Å²) in [5.74, 6) is 0. The van der Waals surface area contributed by atoms with Crippen LogP contribution in [0, 0.1) is 0 Å². The van der Waals surface area contributed by atoms with Crippen molar-refractivity contribution in [3.8, 4) is 0 Å². The molecule has 0 aromatic heterocycles. The Kier molecular flexibility index (Phi) is 19.6. The summed E-state index contributed by atoms with van der Waals surface area (Å²) in [7, 11) is 5.14. The van der Waals surface area contributed by atoms with E-state index in [-0.39, 0.29) is 0 Å². The van der Waals surface area contributed by atoms with Gasteiger partial charge in [-0.3, -0.25) is 0 Å². The van der Waals surface area contributed by atoms with Crippen molar-refractivity contribution in [2.45, 2.75) is 38.5 Å². The second kappa shape index (κ2) is 19.4. The van der Waals surface area contributed by atoms with Gasteiger partial charge in [-0.2, -0.15) is 0 Å². The third-order valence-corrected chi connectivity index (χ3v) is 5.29. The van der Waals surface area contributed by atoms with Crippen molar-refractivity contribution >= 4 is 15.7 Å². The SMILES string of the molecule is COCCCCO[As](OCCCCOC)OCCCCOC. The van der Waals surface area contributed by atoms with Crippen LogP contribution in [0.1, 0.15) is 38.5 Å². The first-order valence-corrected chi connectivity index (χ1v) is 10.3. The third-order valence-electron chi connectivity index (χ3n) is 2.82. The molecule has 0 N–H and O–H groups in total. The Morgan fingerprint density at radius 2 is 0.727 bits per heavy atom. The van der Waals surface area contributed by atoms with E-state index in [1.807, 2.05) is 0 Å². The zero-order valence-corrected chi connectivity index (χ0v) is 16.3. The second-order valence-electron chi connectivity index (χ2n) is 4.82. The molecular formula is C15H33AsO6. The fraction of sp³-hybridized carbons (Fsp3) is 1.00. The molecule has 0 aliphatic rings. The zero-order chi connectivity index (χ0) is 16.3. The Labute approximate surface area is 141 Å². The van der Waals surface area contributed by atoms with Gasteiger partial charge in [-0.15, -0.1) is 0 Å². The van der Waals surface area contributed by atoms with Gasteiger partial charge in [-0.25, -0.2) is 0 Å². The molecule has 0 fully saturated rings. The summed E-state index contributed by atoms with van der Waals surface area (Å²) >= 11 is -2.08. The van der Waals surface area contributed by atoms with Crippen LogP contribution in [0.3, 0.4) is 0 Å². The van der Waals surface area contributed by atoms with Gasteiger partial charge < -0.3 is 0 Å². The average Bonchev–Trinajstić information content (AvgIpc) is 2.53. The summed E-state index contributed by atoms with van der Waals surface area (Å²) in [6.07, 6.45) is 5.92. The van der Waals surface area contributed by atoms with Crippen molar-refractivity contribution in [1.82, 2.24) is 0 Å². The first-order chi connectivity index (χ1) is 10.8. The summed E-state index contributed by atoms with van der Waals surface area (Å²) in [6, 6.07) is 0. The molecule has 0 aliphatic heterocycles. The molecule has 7 heteroatoms. The molecule has 0 unspecified atom stereocenters. The van der Waals surface area contributed by atoms with Crippen LogP contribution in [0.2, 0.25) is 0 Å². The molecule has 0 atom stereocenters. The molecule has 0 bridgehead atoms. The van der Waals surface area contributed by atoms with E-state index in [2.05, 4.69) is 0 Å². The molecular weight excluding hydrogens is 351 g/mol. The minimum atomic E-state index is -2.08. The zero-order valence-electron chi connectivity index (χ0n) is 14.4. The van der Waals surface area contributed by atoms with Crippen molar-refractivity contribution in [2.24, 2.45) is 0 Å². The quantitative estimate of drug-likeness (QED) is 0.267. The van der Waals surface area contributed by atoms with Crippen LogP contribution >= 0.6 is 0 Å². The van der Waals surface area contributed by atoms with Gasteiger partial charge in [-0.1, -0.05) is 0 Å². The first kappa shape index (κ1) is 22.3. The fourth-order valence-electron chi connectivity index (χ4n) is 1.57. The predicted molar refractivity (Wildman–Crippen MR) is 86.9 cm³/mol. The molecule has 134 valence electrons. The summed E-state index contributed by atoms with van der Waals surface area (Å²) in [6.45, 7) is 4.35. The van der Waals surface area contributed by atoms with Gasteiger partial charge in [0.2, 0.25) is 0 Å². The summed E-state index contributed by atoms with van der Waals surface area (Å²) in [5, 5.41) is 0. The summed E-state index contributed by atoms with van der Waals surface area (Å²) in [5.41, 5.74) is 0. The van der Waals surface area contributed by atoms with E-state index in [0.717, 1.165) is 58.3 Å². The van der Waals surface area contributed by atoms with Crippen molar-refractivity contribution in [3.05, 3.63) is 0 Å². The van der Waals surface area contributed by atoms with E-state index < -0.39 is 15.7 Å². The van der Waals surface area contributed by atoms with Gasteiger partial charge in [0.15, 0.2) is 0 Å². The van der Waals surface area contributed by atoms with Gasteiger partial charge in [-0.05, 0) is 0 Å². The Morgan fingerprint density at radius 3 is 1.00 bits per heavy atom. The van der Waals surface area contributed by atoms with Gasteiger partial charge in [0.05, 0.1) is 0 Å². The van der Waals surface area contributed by atoms with Crippen molar-refractivity contribution in [1.29, 1.82) is 0 Å². The Balaban J connectivity index is 3.72. The van der Waals surface area contributed by atoms with E-state index in [1.165, 1.54) is 0 Å². The molecule has 0 spiro atoms.